The van der Waals surface area contributed by atoms with Gasteiger partial charge in [0.1, 0.15) is 0 Å². The van der Waals surface area contributed by atoms with Crippen molar-refractivity contribution in [2.24, 2.45) is 5.92 Å². The molecule has 2 rings (SSSR count). The zero-order valence-corrected chi connectivity index (χ0v) is 14.2. The summed E-state index contributed by atoms with van der Waals surface area (Å²) in [5, 5.41) is 15.2. The van der Waals surface area contributed by atoms with Gasteiger partial charge >= 0.3 is 6.03 Å². The van der Waals surface area contributed by atoms with Crippen LogP contribution in [0.4, 0.5) is 4.79 Å². The lowest BCUT2D eigenvalue weighted by molar-refractivity contribution is 0.213. The van der Waals surface area contributed by atoms with E-state index in [4.69, 9.17) is 0 Å². The highest BCUT2D eigenvalue weighted by Gasteiger charge is 2.24. The highest BCUT2D eigenvalue weighted by molar-refractivity contribution is 5.73. The van der Waals surface area contributed by atoms with Crippen molar-refractivity contribution in [2.45, 2.75) is 45.9 Å². The zero-order valence-electron chi connectivity index (χ0n) is 14.2. The van der Waals surface area contributed by atoms with Gasteiger partial charge in [0.2, 0.25) is 0 Å². The van der Waals surface area contributed by atoms with Gasteiger partial charge in [-0.15, -0.1) is 0 Å². The Kier molecular flexibility index (Phi) is 6.86. The molecule has 1 aromatic rings. The van der Waals surface area contributed by atoms with Crippen molar-refractivity contribution in [1.82, 2.24) is 15.5 Å². The first-order valence-electron chi connectivity index (χ1n) is 8.53. The monoisotopic (exact) mass is 319 g/mol. The molecule has 1 atom stereocenters. The van der Waals surface area contributed by atoms with Crippen LogP contribution in [0.15, 0.2) is 24.3 Å². The van der Waals surface area contributed by atoms with Crippen molar-refractivity contribution in [3.63, 3.8) is 0 Å². The summed E-state index contributed by atoms with van der Waals surface area (Å²) in [6.45, 7) is 7.81. The third-order valence-corrected chi connectivity index (χ3v) is 4.33. The van der Waals surface area contributed by atoms with E-state index in [-0.39, 0.29) is 12.6 Å². The molecule has 1 aromatic carbocycles. The van der Waals surface area contributed by atoms with Gasteiger partial charge in [-0.05, 0) is 36.4 Å². The van der Waals surface area contributed by atoms with Crippen molar-refractivity contribution in [3.8, 4) is 0 Å². The lowest BCUT2D eigenvalue weighted by Crippen LogP contribution is -2.44. The summed E-state index contributed by atoms with van der Waals surface area (Å²) in [5.41, 5.74) is 1.80. The van der Waals surface area contributed by atoms with E-state index in [2.05, 4.69) is 29.4 Å². The average Bonchev–Trinajstić information content (AvgIpc) is 2.97. The third-order valence-electron chi connectivity index (χ3n) is 4.33. The Bertz CT molecular complexity index is 505. The molecule has 0 aromatic heterocycles. The van der Waals surface area contributed by atoms with Gasteiger partial charge in [0.25, 0.3) is 0 Å². The molecule has 5 nitrogen and oxygen atoms in total. The van der Waals surface area contributed by atoms with Gasteiger partial charge in [-0.2, -0.15) is 0 Å². The molecule has 1 fully saturated rings. The van der Waals surface area contributed by atoms with Gasteiger partial charge in [-0.25, -0.2) is 4.79 Å². The first kappa shape index (κ1) is 17.8. The normalized spacial score (nSPS) is 18.3. The van der Waals surface area contributed by atoms with E-state index < -0.39 is 0 Å². The molecule has 2 amide bonds. The largest absolute Gasteiger partial charge is 0.392 e. The zero-order chi connectivity index (χ0) is 16.7. The molecule has 1 heterocycles. The Morgan fingerprint density at radius 1 is 1.30 bits per heavy atom. The summed E-state index contributed by atoms with van der Waals surface area (Å²) < 4.78 is 0. The average molecular weight is 319 g/mol. The standard InChI is InChI=1S/C18H29N3O2/c1-14(2)12-21-9-5-8-17(21)11-20-18(23)19-10-15-6-3-4-7-16(15)13-22/h3-4,6-7,14,17,22H,5,8-13H2,1-2H3,(H2,19,20,23)/t17-/m0/s1. The van der Waals surface area contributed by atoms with Crippen molar-refractivity contribution in [2.75, 3.05) is 19.6 Å². The number of hydrogen-bond acceptors (Lipinski definition) is 3. The summed E-state index contributed by atoms with van der Waals surface area (Å²) in [7, 11) is 0. The number of carbonyl (C=O) groups is 1. The number of carbonyl (C=O) groups excluding carboxylic acids is 1. The van der Waals surface area contributed by atoms with Crippen LogP contribution in [0, 0.1) is 5.92 Å². The van der Waals surface area contributed by atoms with Crippen LogP contribution < -0.4 is 10.6 Å². The van der Waals surface area contributed by atoms with Gasteiger partial charge < -0.3 is 15.7 Å². The minimum absolute atomic E-state index is 0.00823. The summed E-state index contributed by atoms with van der Waals surface area (Å²) in [5.74, 6) is 0.652. The molecule has 0 unspecified atom stereocenters. The number of hydrogen-bond donors (Lipinski definition) is 3. The number of aliphatic hydroxyl groups excluding tert-OH is 1. The molecule has 1 saturated heterocycles. The quantitative estimate of drug-likeness (QED) is 0.721. The van der Waals surface area contributed by atoms with E-state index in [9.17, 15) is 9.90 Å². The van der Waals surface area contributed by atoms with E-state index >= 15 is 0 Å². The Morgan fingerprint density at radius 2 is 2.04 bits per heavy atom. The fraction of sp³-hybridized carbons (Fsp3) is 0.611. The number of rotatable bonds is 7. The Labute approximate surface area is 139 Å². The minimum atomic E-state index is -0.144. The Balaban J connectivity index is 1.74. The molecule has 1 aliphatic heterocycles. The van der Waals surface area contributed by atoms with E-state index in [0.717, 1.165) is 30.6 Å². The molecule has 5 heteroatoms. The summed E-state index contributed by atoms with van der Waals surface area (Å²) in [6.07, 6.45) is 2.37. The maximum absolute atomic E-state index is 12.0. The number of likely N-dealkylation sites (tertiary alicyclic amines) is 1. The lowest BCUT2D eigenvalue weighted by Gasteiger charge is -2.26. The van der Waals surface area contributed by atoms with Crippen LogP contribution in [0.2, 0.25) is 0 Å². The summed E-state index contributed by atoms with van der Waals surface area (Å²) in [6, 6.07) is 7.90. The molecule has 0 bridgehead atoms. The molecular formula is C18H29N3O2. The molecular weight excluding hydrogens is 290 g/mol. The minimum Gasteiger partial charge on any atom is -0.392 e. The first-order chi connectivity index (χ1) is 11.1. The maximum atomic E-state index is 12.0. The van der Waals surface area contributed by atoms with Gasteiger partial charge in [0, 0.05) is 25.7 Å². The van der Waals surface area contributed by atoms with E-state index in [1.54, 1.807) is 0 Å². The molecule has 0 aliphatic carbocycles. The smallest absolute Gasteiger partial charge is 0.315 e. The topological polar surface area (TPSA) is 64.6 Å². The second kappa shape index (κ2) is 8.89. The van der Waals surface area contributed by atoms with Crippen LogP contribution in [0.5, 0.6) is 0 Å². The van der Waals surface area contributed by atoms with Gasteiger partial charge in [0.15, 0.2) is 0 Å². The van der Waals surface area contributed by atoms with Crippen molar-refractivity contribution < 1.29 is 9.90 Å². The first-order valence-corrected chi connectivity index (χ1v) is 8.53. The fourth-order valence-electron chi connectivity index (χ4n) is 3.17. The number of aliphatic hydroxyl groups is 1. The highest BCUT2D eigenvalue weighted by Crippen LogP contribution is 2.17. The van der Waals surface area contributed by atoms with Gasteiger partial charge in [0.05, 0.1) is 6.61 Å². The van der Waals surface area contributed by atoms with Crippen LogP contribution in [-0.2, 0) is 13.2 Å². The predicted octanol–water partition coefficient (Wildman–Crippen LogP) is 2.10. The van der Waals surface area contributed by atoms with Crippen LogP contribution >= 0.6 is 0 Å². The Morgan fingerprint density at radius 3 is 2.74 bits per heavy atom. The second-order valence-corrected chi connectivity index (χ2v) is 6.68. The van der Waals surface area contributed by atoms with Crippen LogP contribution in [-0.4, -0.2) is 41.7 Å². The number of nitrogens with one attached hydrogen (secondary N) is 2. The molecule has 128 valence electrons. The van der Waals surface area contributed by atoms with Gasteiger partial charge in [-0.1, -0.05) is 38.1 Å². The lowest BCUT2D eigenvalue weighted by atomic mass is 10.1. The van der Waals surface area contributed by atoms with Crippen molar-refractivity contribution >= 4 is 6.03 Å². The van der Waals surface area contributed by atoms with Gasteiger partial charge in [-0.3, -0.25) is 4.90 Å². The molecule has 0 spiro atoms. The Hall–Kier alpha value is -1.59. The SMILES string of the molecule is CC(C)CN1CCC[C@H]1CNC(=O)NCc1ccccc1CO. The molecule has 23 heavy (non-hydrogen) atoms. The van der Waals surface area contributed by atoms with Crippen LogP contribution in [0.25, 0.3) is 0 Å². The van der Waals surface area contributed by atoms with Crippen molar-refractivity contribution in [3.05, 3.63) is 35.4 Å². The fourth-order valence-corrected chi connectivity index (χ4v) is 3.17. The number of benzene rings is 1. The molecule has 0 saturated carbocycles. The molecule has 0 radical (unpaired) electrons. The third kappa shape index (κ3) is 5.52. The van der Waals surface area contributed by atoms with Crippen LogP contribution in [0.3, 0.4) is 0 Å². The van der Waals surface area contributed by atoms with Crippen molar-refractivity contribution in [1.29, 1.82) is 0 Å². The van der Waals surface area contributed by atoms with E-state index in [1.165, 1.54) is 6.42 Å². The molecule has 3 N–H and O–H groups in total. The second-order valence-electron chi connectivity index (χ2n) is 6.68. The number of urea groups is 1. The highest BCUT2D eigenvalue weighted by atomic mass is 16.3. The maximum Gasteiger partial charge on any atom is 0.315 e. The number of nitrogens with zero attached hydrogens (tertiary/aromatic N) is 1. The van der Waals surface area contributed by atoms with Crippen LogP contribution in [0.1, 0.15) is 37.8 Å². The summed E-state index contributed by atoms with van der Waals surface area (Å²) in [4.78, 5) is 14.5. The summed E-state index contributed by atoms with van der Waals surface area (Å²) >= 11 is 0. The molecule has 1 aliphatic rings. The van der Waals surface area contributed by atoms with E-state index in [0.29, 0.717) is 25.0 Å². The predicted molar refractivity (Wildman–Crippen MR) is 92.0 cm³/mol. The number of amides is 2. The van der Waals surface area contributed by atoms with E-state index in [1.807, 2.05) is 24.3 Å².